The highest BCUT2D eigenvalue weighted by molar-refractivity contribution is 5.91. The molecule has 0 saturated heterocycles. The first-order valence-electron chi connectivity index (χ1n) is 8.59. The molecule has 2 rings (SSSR count). The van der Waals surface area contributed by atoms with Crippen molar-refractivity contribution in [3.63, 3.8) is 0 Å². The van der Waals surface area contributed by atoms with Crippen LogP contribution in [0.4, 0.5) is 0 Å². The molecule has 1 aromatic heterocycles. The lowest BCUT2D eigenvalue weighted by atomic mass is 9.85. The van der Waals surface area contributed by atoms with Gasteiger partial charge in [0.25, 0.3) is 11.8 Å². The summed E-state index contributed by atoms with van der Waals surface area (Å²) in [5, 5.41) is 5.38. The lowest BCUT2D eigenvalue weighted by molar-refractivity contribution is -0.123. The van der Waals surface area contributed by atoms with E-state index in [1.165, 1.54) is 6.26 Å². The average Bonchev–Trinajstić information content (AvgIpc) is 3.11. The molecule has 0 aliphatic heterocycles. The SMILES string of the molecule is Cc1ccc(OCC(=O)NCCNC(=O)c2ccco2)c(C(C)(C)C)c1. The van der Waals surface area contributed by atoms with Crippen LogP contribution in [-0.2, 0) is 10.2 Å². The van der Waals surface area contributed by atoms with Crippen molar-refractivity contribution in [2.24, 2.45) is 0 Å². The van der Waals surface area contributed by atoms with Crippen LogP contribution in [0, 0.1) is 6.92 Å². The average molecular weight is 358 g/mol. The maximum absolute atomic E-state index is 12.0. The molecule has 0 spiro atoms. The fourth-order valence-corrected chi connectivity index (χ4v) is 2.42. The standard InChI is InChI=1S/C20H26N2O4/c1-14-7-8-16(15(12-14)20(2,3)4)26-13-18(23)21-9-10-22-19(24)17-6-5-11-25-17/h5-8,11-12H,9-10,13H2,1-4H3,(H,21,23)(H,22,24). The van der Waals surface area contributed by atoms with Crippen molar-refractivity contribution in [3.8, 4) is 5.75 Å². The van der Waals surface area contributed by atoms with Crippen molar-refractivity contribution in [1.29, 1.82) is 0 Å². The predicted molar refractivity (Wildman–Crippen MR) is 99.4 cm³/mol. The number of ether oxygens (including phenoxy) is 1. The third-order valence-corrected chi connectivity index (χ3v) is 3.78. The van der Waals surface area contributed by atoms with Crippen LogP contribution < -0.4 is 15.4 Å². The summed E-state index contributed by atoms with van der Waals surface area (Å²) in [6.45, 7) is 8.90. The van der Waals surface area contributed by atoms with Gasteiger partial charge in [0.2, 0.25) is 0 Å². The fraction of sp³-hybridized carbons (Fsp3) is 0.400. The number of benzene rings is 1. The van der Waals surface area contributed by atoms with E-state index in [1.807, 2.05) is 19.1 Å². The normalized spacial score (nSPS) is 11.1. The van der Waals surface area contributed by atoms with Crippen LogP contribution in [0.25, 0.3) is 0 Å². The summed E-state index contributed by atoms with van der Waals surface area (Å²) in [4.78, 5) is 23.6. The van der Waals surface area contributed by atoms with Gasteiger partial charge in [-0.3, -0.25) is 9.59 Å². The summed E-state index contributed by atoms with van der Waals surface area (Å²) in [5.41, 5.74) is 2.14. The van der Waals surface area contributed by atoms with E-state index in [-0.39, 0.29) is 29.6 Å². The summed E-state index contributed by atoms with van der Waals surface area (Å²) in [6.07, 6.45) is 1.44. The van der Waals surface area contributed by atoms with Gasteiger partial charge in [-0.05, 0) is 36.1 Å². The highest BCUT2D eigenvalue weighted by atomic mass is 16.5. The first-order chi connectivity index (χ1) is 12.3. The number of hydrogen-bond acceptors (Lipinski definition) is 4. The summed E-state index contributed by atoms with van der Waals surface area (Å²) < 4.78 is 10.7. The highest BCUT2D eigenvalue weighted by Gasteiger charge is 2.19. The molecule has 0 aliphatic rings. The van der Waals surface area contributed by atoms with Crippen LogP contribution in [0.1, 0.15) is 42.5 Å². The molecule has 2 aromatic rings. The van der Waals surface area contributed by atoms with Gasteiger partial charge in [0.1, 0.15) is 5.75 Å². The van der Waals surface area contributed by atoms with E-state index >= 15 is 0 Å². The first kappa shape index (κ1) is 19.6. The Bertz CT molecular complexity index is 746. The Morgan fingerprint density at radius 3 is 2.50 bits per heavy atom. The Kier molecular flexibility index (Phi) is 6.44. The van der Waals surface area contributed by atoms with E-state index < -0.39 is 0 Å². The Morgan fingerprint density at radius 1 is 1.12 bits per heavy atom. The topological polar surface area (TPSA) is 80.6 Å². The van der Waals surface area contributed by atoms with Gasteiger partial charge in [-0.2, -0.15) is 0 Å². The zero-order valence-electron chi connectivity index (χ0n) is 15.7. The molecule has 0 radical (unpaired) electrons. The van der Waals surface area contributed by atoms with Crippen LogP contribution in [-0.4, -0.2) is 31.5 Å². The van der Waals surface area contributed by atoms with E-state index in [0.29, 0.717) is 18.8 Å². The monoisotopic (exact) mass is 358 g/mol. The number of amides is 2. The number of rotatable bonds is 7. The Balaban J connectivity index is 1.76. The van der Waals surface area contributed by atoms with Crippen molar-refractivity contribution >= 4 is 11.8 Å². The van der Waals surface area contributed by atoms with Gasteiger partial charge in [-0.1, -0.05) is 38.5 Å². The molecular weight excluding hydrogens is 332 g/mol. The molecule has 0 bridgehead atoms. The van der Waals surface area contributed by atoms with Crippen LogP contribution in [0.3, 0.4) is 0 Å². The zero-order chi connectivity index (χ0) is 19.2. The van der Waals surface area contributed by atoms with Gasteiger partial charge in [0.15, 0.2) is 12.4 Å². The highest BCUT2D eigenvalue weighted by Crippen LogP contribution is 2.32. The minimum absolute atomic E-state index is 0.0712. The molecule has 0 atom stereocenters. The number of carbonyl (C=O) groups is 2. The van der Waals surface area contributed by atoms with E-state index in [0.717, 1.165) is 11.1 Å². The molecule has 1 heterocycles. The van der Waals surface area contributed by atoms with Crippen LogP contribution in [0.2, 0.25) is 0 Å². The van der Waals surface area contributed by atoms with E-state index in [1.54, 1.807) is 12.1 Å². The minimum atomic E-state index is -0.310. The van der Waals surface area contributed by atoms with Gasteiger partial charge < -0.3 is 19.8 Å². The molecule has 2 amide bonds. The second-order valence-corrected chi connectivity index (χ2v) is 7.12. The quantitative estimate of drug-likeness (QED) is 0.746. The fourth-order valence-electron chi connectivity index (χ4n) is 2.42. The van der Waals surface area contributed by atoms with Crippen molar-refractivity contribution < 1.29 is 18.7 Å². The van der Waals surface area contributed by atoms with Gasteiger partial charge in [-0.25, -0.2) is 0 Å². The molecule has 0 fully saturated rings. The lowest BCUT2D eigenvalue weighted by Gasteiger charge is -2.23. The molecule has 0 unspecified atom stereocenters. The third-order valence-electron chi connectivity index (χ3n) is 3.78. The van der Waals surface area contributed by atoms with Gasteiger partial charge >= 0.3 is 0 Å². The number of carbonyl (C=O) groups excluding carboxylic acids is 2. The number of hydrogen-bond donors (Lipinski definition) is 2. The van der Waals surface area contributed by atoms with Crippen LogP contribution in [0.5, 0.6) is 5.75 Å². The molecule has 140 valence electrons. The molecule has 0 saturated carbocycles. The number of furan rings is 1. The summed E-state index contributed by atoms with van der Waals surface area (Å²) >= 11 is 0. The Hall–Kier alpha value is -2.76. The summed E-state index contributed by atoms with van der Waals surface area (Å²) in [5.74, 6) is 0.408. The van der Waals surface area contributed by atoms with Crippen molar-refractivity contribution in [2.75, 3.05) is 19.7 Å². The predicted octanol–water partition coefficient (Wildman–Crippen LogP) is 2.81. The maximum Gasteiger partial charge on any atom is 0.287 e. The Morgan fingerprint density at radius 2 is 1.85 bits per heavy atom. The largest absolute Gasteiger partial charge is 0.483 e. The molecular formula is C20H26N2O4. The molecule has 2 N–H and O–H groups in total. The summed E-state index contributed by atoms with van der Waals surface area (Å²) in [6, 6.07) is 9.16. The number of aryl methyl sites for hydroxylation is 1. The molecule has 26 heavy (non-hydrogen) atoms. The van der Waals surface area contributed by atoms with Gasteiger partial charge in [-0.15, -0.1) is 0 Å². The van der Waals surface area contributed by atoms with Crippen LogP contribution >= 0.6 is 0 Å². The second-order valence-electron chi connectivity index (χ2n) is 7.12. The van der Waals surface area contributed by atoms with Gasteiger partial charge in [0.05, 0.1) is 6.26 Å². The summed E-state index contributed by atoms with van der Waals surface area (Å²) in [7, 11) is 0. The minimum Gasteiger partial charge on any atom is -0.483 e. The third kappa shape index (κ3) is 5.65. The van der Waals surface area contributed by atoms with Gasteiger partial charge in [0, 0.05) is 13.1 Å². The van der Waals surface area contributed by atoms with Crippen LogP contribution in [0.15, 0.2) is 41.0 Å². The van der Waals surface area contributed by atoms with E-state index in [2.05, 4.69) is 37.5 Å². The van der Waals surface area contributed by atoms with Crippen molar-refractivity contribution in [1.82, 2.24) is 10.6 Å². The van der Waals surface area contributed by atoms with Crippen molar-refractivity contribution in [3.05, 3.63) is 53.5 Å². The molecule has 0 aliphatic carbocycles. The van der Waals surface area contributed by atoms with Crippen molar-refractivity contribution in [2.45, 2.75) is 33.1 Å². The molecule has 6 nitrogen and oxygen atoms in total. The lowest BCUT2D eigenvalue weighted by Crippen LogP contribution is -2.36. The number of nitrogens with one attached hydrogen (secondary N) is 2. The maximum atomic E-state index is 12.0. The molecule has 6 heteroatoms. The smallest absolute Gasteiger partial charge is 0.287 e. The first-order valence-corrected chi connectivity index (χ1v) is 8.59. The second kappa shape index (κ2) is 8.56. The zero-order valence-corrected chi connectivity index (χ0v) is 15.7. The molecule has 1 aromatic carbocycles. The van der Waals surface area contributed by atoms with E-state index in [9.17, 15) is 9.59 Å². The Labute approximate surface area is 153 Å². The van der Waals surface area contributed by atoms with E-state index in [4.69, 9.17) is 9.15 Å².